The first kappa shape index (κ1) is 14.8. The monoisotopic (exact) mass is 279 g/mol. The van der Waals surface area contributed by atoms with Gasteiger partial charge >= 0.3 is 0 Å². The largest absolute Gasteiger partial charge is 0.399 e. The number of nitrogens with two attached hydrogens (primary N) is 1. The molecule has 0 heterocycles. The van der Waals surface area contributed by atoms with Crippen molar-refractivity contribution >= 4 is 17.3 Å². The second kappa shape index (κ2) is 5.79. The fourth-order valence-electron chi connectivity index (χ4n) is 2.26. The first-order chi connectivity index (χ1) is 9.38. The van der Waals surface area contributed by atoms with Crippen LogP contribution in [0, 0.1) is 17.7 Å². The third-order valence-electron chi connectivity index (χ3n) is 4.09. The molecule has 0 bridgehead atoms. The van der Waals surface area contributed by atoms with Gasteiger partial charge in [0.25, 0.3) is 0 Å². The second-order valence-electron chi connectivity index (χ2n) is 5.82. The van der Waals surface area contributed by atoms with Gasteiger partial charge in [0.05, 0.1) is 11.7 Å². The molecule has 5 heteroatoms. The summed E-state index contributed by atoms with van der Waals surface area (Å²) < 4.78 is 13.6. The third kappa shape index (κ3) is 3.48. The molecule has 1 fully saturated rings. The normalized spacial score (nSPS) is 22.6. The van der Waals surface area contributed by atoms with Gasteiger partial charge in [-0.2, -0.15) is 0 Å². The van der Waals surface area contributed by atoms with Crippen molar-refractivity contribution in [1.82, 2.24) is 4.90 Å². The number of nitrogen functional groups attached to an aromatic ring is 1. The summed E-state index contributed by atoms with van der Waals surface area (Å²) in [7, 11) is 1.92. The smallest absolute Gasteiger partial charge is 0.241 e. The van der Waals surface area contributed by atoms with Crippen LogP contribution in [0.3, 0.4) is 0 Å². The molecule has 0 radical (unpaired) electrons. The summed E-state index contributed by atoms with van der Waals surface area (Å²) >= 11 is 0. The first-order valence-electron chi connectivity index (χ1n) is 6.94. The van der Waals surface area contributed by atoms with Crippen molar-refractivity contribution in [2.45, 2.75) is 26.3 Å². The minimum atomic E-state index is -0.474. The SMILES string of the molecule is CC1CC1CN(C)C(C)C(=O)Nc1cc(N)ccc1F. The lowest BCUT2D eigenvalue weighted by atomic mass is 10.2. The predicted molar refractivity (Wildman–Crippen MR) is 78.8 cm³/mol. The second-order valence-corrected chi connectivity index (χ2v) is 5.82. The molecule has 1 aromatic carbocycles. The van der Waals surface area contributed by atoms with Crippen LogP contribution in [-0.4, -0.2) is 30.4 Å². The topological polar surface area (TPSA) is 58.4 Å². The molecule has 1 amide bonds. The summed E-state index contributed by atoms with van der Waals surface area (Å²) in [5, 5.41) is 2.60. The van der Waals surface area contributed by atoms with E-state index in [0.717, 1.165) is 12.5 Å². The number of amides is 1. The number of hydrogen-bond acceptors (Lipinski definition) is 3. The van der Waals surface area contributed by atoms with E-state index in [0.29, 0.717) is 11.6 Å². The van der Waals surface area contributed by atoms with Crippen LogP contribution < -0.4 is 11.1 Å². The minimum Gasteiger partial charge on any atom is -0.399 e. The number of carbonyl (C=O) groups is 1. The van der Waals surface area contributed by atoms with Crippen LogP contribution in [0.1, 0.15) is 20.3 Å². The number of benzene rings is 1. The lowest BCUT2D eigenvalue weighted by Crippen LogP contribution is -2.40. The molecule has 2 rings (SSSR count). The molecule has 3 atom stereocenters. The summed E-state index contributed by atoms with van der Waals surface area (Å²) in [5.74, 6) is 0.738. The number of nitrogens with one attached hydrogen (secondary N) is 1. The summed E-state index contributed by atoms with van der Waals surface area (Å²) in [6, 6.07) is 3.85. The van der Waals surface area contributed by atoms with Crippen molar-refractivity contribution in [2.24, 2.45) is 11.8 Å². The fraction of sp³-hybridized carbons (Fsp3) is 0.533. The average molecular weight is 279 g/mol. The highest BCUT2D eigenvalue weighted by atomic mass is 19.1. The van der Waals surface area contributed by atoms with Gasteiger partial charge in [-0.15, -0.1) is 0 Å². The Morgan fingerprint density at radius 3 is 2.85 bits per heavy atom. The molecule has 3 N–H and O–H groups in total. The maximum absolute atomic E-state index is 13.6. The average Bonchev–Trinajstić information content (AvgIpc) is 3.08. The zero-order chi connectivity index (χ0) is 14.9. The summed E-state index contributed by atoms with van der Waals surface area (Å²) in [5.41, 5.74) is 6.16. The number of rotatable bonds is 5. The maximum Gasteiger partial charge on any atom is 0.241 e. The molecule has 1 aromatic rings. The lowest BCUT2D eigenvalue weighted by molar-refractivity contribution is -0.120. The van der Waals surface area contributed by atoms with Crippen LogP contribution in [0.4, 0.5) is 15.8 Å². The molecule has 3 unspecified atom stereocenters. The summed E-state index contributed by atoms with van der Waals surface area (Å²) in [4.78, 5) is 14.1. The highest BCUT2D eigenvalue weighted by molar-refractivity contribution is 5.95. The van der Waals surface area contributed by atoms with Gasteiger partial charge in [0.2, 0.25) is 5.91 Å². The van der Waals surface area contributed by atoms with Crippen molar-refractivity contribution in [2.75, 3.05) is 24.6 Å². The maximum atomic E-state index is 13.6. The van der Waals surface area contributed by atoms with E-state index < -0.39 is 5.82 Å². The Morgan fingerprint density at radius 2 is 2.25 bits per heavy atom. The molecule has 1 aliphatic rings. The molecule has 0 aliphatic heterocycles. The highest BCUT2D eigenvalue weighted by Crippen LogP contribution is 2.38. The Labute approximate surface area is 119 Å². The number of halogens is 1. The summed E-state index contributed by atoms with van der Waals surface area (Å²) in [6.45, 7) is 4.94. The standard InChI is InChI=1S/C15H22FN3O/c1-9-6-11(9)8-19(3)10(2)15(20)18-14-7-12(17)4-5-13(14)16/h4-5,7,9-11H,6,8,17H2,1-3H3,(H,18,20). The Morgan fingerprint density at radius 1 is 1.60 bits per heavy atom. The Kier molecular flexibility index (Phi) is 4.28. The van der Waals surface area contributed by atoms with Crippen LogP contribution in [0.15, 0.2) is 18.2 Å². The van der Waals surface area contributed by atoms with Crippen molar-refractivity contribution in [1.29, 1.82) is 0 Å². The van der Waals surface area contributed by atoms with E-state index in [4.69, 9.17) is 5.73 Å². The van der Waals surface area contributed by atoms with Crippen molar-refractivity contribution in [3.63, 3.8) is 0 Å². The summed E-state index contributed by atoms with van der Waals surface area (Å²) in [6.07, 6.45) is 1.22. The molecular weight excluding hydrogens is 257 g/mol. The van der Waals surface area contributed by atoms with Gasteiger partial charge in [0.15, 0.2) is 0 Å². The molecule has 0 saturated heterocycles. The number of anilines is 2. The zero-order valence-corrected chi connectivity index (χ0v) is 12.2. The van der Waals surface area contributed by atoms with E-state index in [1.807, 2.05) is 18.9 Å². The van der Waals surface area contributed by atoms with Crippen LogP contribution in [-0.2, 0) is 4.79 Å². The Hall–Kier alpha value is -1.62. The van der Waals surface area contributed by atoms with E-state index in [2.05, 4.69) is 12.2 Å². The van der Waals surface area contributed by atoms with Gasteiger partial charge in [-0.1, -0.05) is 6.92 Å². The van der Waals surface area contributed by atoms with Crippen LogP contribution in [0.2, 0.25) is 0 Å². The van der Waals surface area contributed by atoms with Crippen LogP contribution in [0.25, 0.3) is 0 Å². The molecule has 0 spiro atoms. The molecule has 0 aromatic heterocycles. The van der Waals surface area contributed by atoms with Gasteiger partial charge in [0.1, 0.15) is 5.82 Å². The number of hydrogen-bond donors (Lipinski definition) is 2. The Bertz CT molecular complexity index is 506. The van der Waals surface area contributed by atoms with Crippen LogP contribution in [0.5, 0.6) is 0 Å². The van der Waals surface area contributed by atoms with E-state index in [9.17, 15) is 9.18 Å². The molecular formula is C15H22FN3O. The van der Waals surface area contributed by atoms with E-state index in [-0.39, 0.29) is 17.6 Å². The van der Waals surface area contributed by atoms with Crippen molar-refractivity contribution in [3.05, 3.63) is 24.0 Å². The lowest BCUT2D eigenvalue weighted by Gasteiger charge is -2.24. The quantitative estimate of drug-likeness (QED) is 0.813. The molecule has 110 valence electrons. The van der Waals surface area contributed by atoms with Crippen LogP contribution >= 0.6 is 0 Å². The number of carbonyl (C=O) groups excluding carboxylic acids is 1. The molecule has 4 nitrogen and oxygen atoms in total. The van der Waals surface area contributed by atoms with Gasteiger partial charge in [-0.25, -0.2) is 4.39 Å². The van der Waals surface area contributed by atoms with E-state index in [1.165, 1.54) is 24.6 Å². The van der Waals surface area contributed by atoms with Crippen molar-refractivity contribution < 1.29 is 9.18 Å². The third-order valence-corrected chi connectivity index (χ3v) is 4.09. The first-order valence-corrected chi connectivity index (χ1v) is 6.94. The zero-order valence-electron chi connectivity index (χ0n) is 12.2. The fourth-order valence-corrected chi connectivity index (χ4v) is 2.26. The molecule has 1 saturated carbocycles. The van der Waals surface area contributed by atoms with Gasteiger partial charge in [-0.05, 0) is 50.4 Å². The molecule has 1 aliphatic carbocycles. The highest BCUT2D eigenvalue weighted by Gasteiger charge is 2.34. The van der Waals surface area contributed by atoms with E-state index >= 15 is 0 Å². The van der Waals surface area contributed by atoms with Crippen molar-refractivity contribution in [3.8, 4) is 0 Å². The van der Waals surface area contributed by atoms with E-state index in [1.54, 1.807) is 0 Å². The van der Waals surface area contributed by atoms with Gasteiger partial charge in [-0.3, -0.25) is 9.69 Å². The minimum absolute atomic E-state index is 0.134. The number of nitrogens with zero attached hydrogens (tertiary/aromatic N) is 1. The number of likely N-dealkylation sites (N-methyl/N-ethyl adjacent to an activating group) is 1. The van der Waals surface area contributed by atoms with Gasteiger partial charge in [0, 0.05) is 12.2 Å². The van der Waals surface area contributed by atoms with Gasteiger partial charge < -0.3 is 11.1 Å². The predicted octanol–water partition coefficient (Wildman–Crippen LogP) is 2.32. The molecule has 20 heavy (non-hydrogen) atoms. The Balaban J connectivity index is 1.94.